The number of methoxy groups -OCH3 is 1. The van der Waals surface area contributed by atoms with Gasteiger partial charge in [0.05, 0.1) is 18.4 Å². The first-order valence-corrected chi connectivity index (χ1v) is 7.92. The van der Waals surface area contributed by atoms with Crippen molar-refractivity contribution in [1.29, 1.82) is 0 Å². The molecule has 0 spiro atoms. The summed E-state index contributed by atoms with van der Waals surface area (Å²) in [6.45, 7) is 0. The van der Waals surface area contributed by atoms with E-state index < -0.39 is 16.0 Å². The molecule has 0 radical (unpaired) electrons. The summed E-state index contributed by atoms with van der Waals surface area (Å²) in [5.41, 5.74) is 0.783. The molecule has 7 heteroatoms. The van der Waals surface area contributed by atoms with Gasteiger partial charge in [-0.2, -0.15) is 0 Å². The summed E-state index contributed by atoms with van der Waals surface area (Å²) in [4.78, 5) is 11.2. The lowest BCUT2D eigenvalue weighted by Crippen LogP contribution is -2.16. The Morgan fingerprint density at radius 3 is 2.42 bits per heavy atom. The molecular weight excluding hydrogens is 290 g/mol. The van der Waals surface area contributed by atoms with Crippen LogP contribution in [0.2, 0.25) is 0 Å². The highest BCUT2D eigenvalue weighted by Crippen LogP contribution is 2.12. The molecule has 0 aliphatic heterocycles. The average molecular weight is 306 g/mol. The highest BCUT2D eigenvalue weighted by molar-refractivity contribution is 7.92. The number of nitrogens with one attached hydrogen (secondary N) is 1. The van der Waals surface area contributed by atoms with E-state index in [0.29, 0.717) is 30.0 Å². The Labute approximate surface area is 118 Å². The van der Waals surface area contributed by atoms with Crippen molar-refractivity contribution in [3.05, 3.63) is 29.8 Å². The van der Waals surface area contributed by atoms with Gasteiger partial charge in [-0.15, -0.1) is 11.6 Å². The number of anilines is 1. The van der Waals surface area contributed by atoms with E-state index in [4.69, 9.17) is 11.6 Å². The van der Waals surface area contributed by atoms with Crippen LogP contribution in [0, 0.1) is 0 Å². The van der Waals surface area contributed by atoms with Gasteiger partial charge in [-0.1, -0.05) is 0 Å². The topological polar surface area (TPSA) is 72.5 Å². The van der Waals surface area contributed by atoms with E-state index in [-0.39, 0.29) is 5.75 Å². The molecule has 0 saturated heterocycles. The molecule has 106 valence electrons. The van der Waals surface area contributed by atoms with Crippen molar-refractivity contribution in [3.63, 3.8) is 0 Å². The fourth-order valence-electron chi connectivity index (χ4n) is 1.41. The first-order chi connectivity index (χ1) is 8.98. The summed E-state index contributed by atoms with van der Waals surface area (Å²) in [6.07, 6.45) is 1.17. The molecule has 0 fully saturated rings. The highest BCUT2D eigenvalue weighted by atomic mass is 35.5. The molecule has 5 nitrogen and oxygen atoms in total. The number of hydrogen-bond donors (Lipinski definition) is 1. The monoisotopic (exact) mass is 305 g/mol. The maximum absolute atomic E-state index is 11.7. The normalized spacial score (nSPS) is 11.1. The molecule has 0 atom stereocenters. The minimum atomic E-state index is -3.37. The molecule has 0 aromatic heterocycles. The predicted molar refractivity (Wildman–Crippen MR) is 75.1 cm³/mol. The lowest BCUT2D eigenvalue weighted by molar-refractivity contribution is 0.0601. The molecule has 0 amide bonds. The number of carbonyl (C=O) groups excluding carboxylic acids is 1. The van der Waals surface area contributed by atoms with Crippen LogP contribution in [0.25, 0.3) is 0 Å². The quantitative estimate of drug-likeness (QED) is 0.476. The highest BCUT2D eigenvalue weighted by Gasteiger charge is 2.11. The van der Waals surface area contributed by atoms with Gasteiger partial charge >= 0.3 is 5.97 Å². The van der Waals surface area contributed by atoms with Crippen molar-refractivity contribution in [2.45, 2.75) is 12.8 Å². The van der Waals surface area contributed by atoms with Crippen molar-refractivity contribution in [1.82, 2.24) is 0 Å². The maximum Gasteiger partial charge on any atom is 0.337 e. The molecule has 0 heterocycles. The van der Waals surface area contributed by atoms with Gasteiger partial charge < -0.3 is 4.74 Å². The van der Waals surface area contributed by atoms with E-state index in [1.165, 1.54) is 31.4 Å². The molecule has 0 aliphatic rings. The van der Waals surface area contributed by atoms with Crippen LogP contribution in [-0.2, 0) is 14.8 Å². The van der Waals surface area contributed by atoms with Crippen LogP contribution in [0.1, 0.15) is 23.2 Å². The lowest BCUT2D eigenvalue weighted by Gasteiger charge is -2.08. The standard InChI is InChI=1S/C12H16ClNO4S/c1-18-12(15)10-4-6-11(7-5-10)14-19(16,17)9-3-2-8-13/h4-7,14H,2-3,8-9H2,1H3. The average Bonchev–Trinajstić information content (AvgIpc) is 2.38. The minimum absolute atomic E-state index is 0.0263. The molecule has 0 unspecified atom stereocenters. The Balaban J connectivity index is 2.64. The van der Waals surface area contributed by atoms with Crippen molar-refractivity contribution in [3.8, 4) is 0 Å². The Morgan fingerprint density at radius 1 is 1.26 bits per heavy atom. The smallest absolute Gasteiger partial charge is 0.337 e. The van der Waals surface area contributed by atoms with Gasteiger partial charge in [0.15, 0.2) is 0 Å². The number of ether oxygens (including phenoxy) is 1. The predicted octanol–water partition coefficient (Wildman–Crippen LogP) is 2.23. The molecule has 1 aromatic rings. The van der Waals surface area contributed by atoms with Gasteiger partial charge in [0.1, 0.15) is 0 Å². The number of unbranched alkanes of at least 4 members (excludes halogenated alkanes) is 1. The molecule has 0 aliphatic carbocycles. The van der Waals surface area contributed by atoms with Crippen molar-refractivity contribution < 1.29 is 17.9 Å². The number of esters is 1. The Hall–Kier alpha value is -1.27. The fourth-order valence-corrected chi connectivity index (χ4v) is 2.78. The van der Waals surface area contributed by atoms with Crippen molar-refractivity contribution in [2.75, 3.05) is 23.5 Å². The summed E-state index contributed by atoms with van der Waals surface area (Å²) >= 11 is 5.49. The van der Waals surface area contributed by atoms with E-state index in [2.05, 4.69) is 9.46 Å². The van der Waals surface area contributed by atoms with E-state index in [1.807, 2.05) is 0 Å². The third-order valence-corrected chi connectivity index (χ3v) is 4.02. The zero-order valence-electron chi connectivity index (χ0n) is 10.6. The van der Waals surface area contributed by atoms with E-state index in [1.54, 1.807) is 0 Å². The van der Waals surface area contributed by atoms with Crippen LogP contribution in [-0.4, -0.2) is 33.1 Å². The molecule has 0 saturated carbocycles. The van der Waals surface area contributed by atoms with Crippen molar-refractivity contribution >= 4 is 33.3 Å². The second kappa shape index (κ2) is 7.35. The summed E-state index contributed by atoms with van der Waals surface area (Å²) in [6, 6.07) is 6.04. The summed E-state index contributed by atoms with van der Waals surface area (Å²) in [5, 5.41) is 0. The van der Waals surface area contributed by atoms with Crippen LogP contribution in [0.15, 0.2) is 24.3 Å². The molecule has 1 N–H and O–H groups in total. The Kier molecular flexibility index (Phi) is 6.11. The fraction of sp³-hybridized carbons (Fsp3) is 0.417. The third-order valence-electron chi connectivity index (χ3n) is 2.38. The number of rotatable bonds is 7. The maximum atomic E-state index is 11.7. The van der Waals surface area contributed by atoms with Crippen molar-refractivity contribution in [2.24, 2.45) is 0 Å². The minimum Gasteiger partial charge on any atom is -0.465 e. The molecule has 1 aromatic carbocycles. The summed E-state index contributed by atoms with van der Waals surface area (Å²) in [7, 11) is -2.08. The van der Waals surface area contributed by atoms with E-state index in [9.17, 15) is 13.2 Å². The van der Waals surface area contributed by atoms with Crippen LogP contribution in [0.3, 0.4) is 0 Å². The van der Waals surface area contributed by atoms with E-state index in [0.717, 1.165) is 0 Å². The Morgan fingerprint density at radius 2 is 1.89 bits per heavy atom. The van der Waals surface area contributed by atoms with Crippen LogP contribution < -0.4 is 4.72 Å². The second-order valence-corrected chi connectivity index (χ2v) is 6.11. The van der Waals surface area contributed by atoms with Gasteiger partial charge in [0, 0.05) is 11.6 Å². The number of carbonyl (C=O) groups is 1. The zero-order valence-corrected chi connectivity index (χ0v) is 12.1. The van der Waals surface area contributed by atoms with Crippen LogP contribution >= 0.6 is 11.6 Å². The first-order valence-electron chi connectivity index (χ1n) is 5.73. The zero-order chi connectivity index (χ0) is 14.3. The molecule has 19 heavy (non-hydrogen) atoms. The number of sulfonamides is 1. The molecular formula is C12H16ClNO4S. The van der Waals surface area contributed by atoms with Gasteiger partial charge in [0.25, 0.3) is 0 Å². The number of benzene rings is 1. The third kappa shape index (κ3) is 5.48. The van der Waals surface area contributed by atoms with Crippen LogP contribution in [0.4, 0.5) is 5.69 Å². The summed E-state index contributed by atoms with van der Waals surface area (Å²) in [5.74, 6) is 0.0125. The lowest BCUT2D eigenvalue weighted by atomic mass is 10.2. The molecule has 1 rings (SSSR count). The summed E-state index contributed by atoms with van der Waals surface area (Å²) < 4.78 is 30.4. The number of halogens is 1. The van der Waals surface area contributed by atoms with Gasteiger partial charge in [-0.25, -0.2) is 13.2 Å². The first kappa shape index (κ1) is 15.8. The van der Waals surface area contributed by atoms with Gasteiger partial charge in [-0.3, -0.25) is 4.72 Å². The Bertz CT molecular complexity index is 513. The SMILES string of the molecule is COC(=O)c1ccc(NS(=O)(=O)CCCCCl)cc1. The van der Waals surface area contributed by atoms with Crippen LogP contribution in [0.5, 0.6) is 0 Å². The number of alkyl halides is 1. The van der Waals surface area contributed by atoms with Gasteiger partial charge in [0.2, 0.25) is 10.0 Å². The second-order valence-electron chi connectivity index (χ2n) is 3.89. The van der Waals surface area contributed by atoms with E-state index >= 15 is 0 Å². The number of hydrogen-bond acceptors (Lipinski definition) is 4. The van der Waals surface area contributed by atoms with Gasteiger partial charge in [-0.05, 0) is 37.1 Å². The largest absolute Gasteiger partial charge is 0.465 e. The molecule has 0 bridgehead atoms.